The van der Waals surface area contributed by atoms with Crippen molar-refractivity contribution in [1.29, 1.82) is 0 Å². The van der Waals surface area contributed by atoms with Crippen LogP contribution in [0.5, 0.6) is 0 Å². The molecule has 1 heterocycles. The number of nitrogens with one attached hydrogen (secondary N) is 1. The van der Waals surface area contributed by atoms with Gasteiger partial charge in [-0.25, -0.2) is 0 Å². The number of amides is 1. The number of rotatable bonds is 3. The van der Waals surface area contributed by atoms with E-state index < -0.39 is 0 Å². The van der Waals surface area contributed by atoms with Crippen LogP contribution < -0.4 is 5.32 Å². The lowest BCUT2D eigenvalue weighted by Crippen LogP contribution is -2.19. The van der Waals surface area contributed by atoms with Gasteiger partial charge < -0.3 is 9.88 Å². The van der Waals surface area contributed by atoms with Crippen molar-refractivity contribution in [3.63, 3.8) is 0 Å². The summed E-state index contributed by atoms with van der Waals surface area (Å²) < 4.78 is 2.06. The molecule has 0 spiro atoms. The predicted octanol–water partition coefficient (Wildman–Crippen LogP) is 1.98. The second kappa shape index (κ2) is 4.23. The minimum absolute atomic E-state index is 0.145. The fraction of sp³-hybridized carbons (Fsp3) is 0.154. The summed E-state index contributed by atoms with van der Waals surface area (Å²) >= 11 is 0. The molecule has 1 N–H and O–H groups in total. The highest BCUT2D eigenvalue weighted by atomic mass is 16.1. The average molecular weight is 214 g/mol. The Bertz CT molecular complexity index is 540. The third-order valence-electron chi connectivity index (χ3n) is 2.62. The number of carbonyl (C=O) groups is 1. The topological polar surface area (TPSA) is 34.0 Å². The maximum atomic E-state index is 11.1. The van der Waals surface area contributed by atoms with Gasteiger partial charge in [-0.05, 0) is 17.7 Å². The summed E-state index contributed by atoms with van der Waals surface area (Å²) in [5, 5.41) is 3.96. The molecule has 3 nitrogen and oxygen atoms in total. The highest BCUT2D eigenvalue weighted by Gasteiger charge is 2.05. The molecule has 0 saturated heterocycles. The van der Waals surface area contributed by atoms with E-state index in [9.17, 15) is 4.79 Å². The predicted molar refractivity (Wildman–Crippen MR) is 65.0 cm³/mol. The summed E-state index contributed by atoms with van der Waals surface area (Å²) in [6.45, 7) is 3.96. The molecule has 1 amide bonds. The zero-order chi connectivity index (χ0) is 11.5. The first kappa shape index (κ1) is 10.5. The highest BCUT2D eigenvalue weighted by molar-refractivity contribution is 5.88. The Labute approximate surface area is 94.4 Å². The van der Waals surface area contributed by atoms with Crippen molar-refractivity contribution in [1.82, 2.24) is 9.88 Å². The molecule has 16 heavy (non-hydrogen) atoms. The van der Waals surface area contributed by atoms with Crippen LogP contribution in [0.2, 0.25) is 0 Å². The van der Waals surface area contributed by atoms with E-state index >= 15 is 0 Å². The van der Waals surface area contributed by atoms with Crippen molar-refractivity contribution in [3.05, 3.63) is 48.7 Å². The molecule has 2 rings (SSSR count). The van der Waals surface area contributed by atoms with Crippen molar-refractivity contribution in [3.8, 4) is 0 Å². The van der Waals surface area contributed by atoms with Crippen LogP contribution >= 0.6 is 0 Å². The van der Waals surface area contributed by atoms with Gasteiger partial charge in [0.15, 0.2) is 0 Å². The summed E-state index contributed by atoms with van der Waals surface area (Å²) in [7, 11) is 2.00. The first-order valence-corrected chi connectivity index (χ1v) is 5.15. The minimum atomic E-state index is -0.145. The van der Waals surface area contributed by atoms with E-state index in [0.29, 0.717) is 6.54 Å². The lowest BCUT2D eigenvalue weighted by atomic mass is 10.2. The van der Waals surface area contributed by atoms with E-state index in [2.05, 4.69) is 28.6 Å². The number of para-hydroxylation sites is 1. The minimum Gasteiger partial charge on any atom is -0.350 e. The smallest absolute Gasteiger partial charge is 0.243 e. The van der Waals surface area contributed by atoms with Gasteiger partial charge in [0.2, 0.25) is 5.91 Å². The Kier molecular flexibility index (Phi) is 2.77. The van der Waals surface area contributed by atoms with Crippen LogP contribution in [0.15, 0.2) is 43.1 Å². The van der Waals surface area contributed by atoms with Crippen molar-refractivity contribution < 1.29 is 4.79 Å². The van der Waals surface area contributed by atoms with E-state index in [1.165, 1.54) is 17.0 Å². The first-order valence-electron chi connectivity index (χ1n) is 5.15. The van der Waals surface area contributed by atoms with Crippen LogP contribution in [0.1, 0.15) is 5.56 Å². The van der Waals surface area contributed by atoms with Gasteiger partial charge in [-0.3, -0.25) is 4.79 Å². The van der Waals surface area contributed by atoms with Gasteiger partial charge in [-0.15, -0.1) is 0 Å². The maximum absolute atomic E-state index is 11.1. The molecule has 2 aromatic rings. The van der Waals surface area contributed by atoms with Crippen LogP contribution in [0.4, 0.5) is 0 Å². The first-order chi connectivity index (χ1) is 7.72. The van der Waals surface area contributed by atoms with Crippen LogP contribution in [0.25, 0.3) is 10.9 Å². The molecule has 0 atom stereocenters. The van der Waals surface area contributed by atoms with E-state index in [4.69, 9.17) is 0 Å². The number of carbonyl (C=O) groups excluding carboxylic acids is 1. The number of hydrogen-bond donors (Lipinski definition) is 1. The molecule has 0 aliphatic rings. The zero-order valence-corrected chi connectivity index (χ0v) is 9.23. The van der Waals surface area contributed by atoms with Crippen molar-refractivity contribution in [2.75, 3.05) is 0 Å². The van der Waals surface area contributed by atoms with Crippen LogP contribution in [0.3, 0.4) is 0 Å². The number of nitrogens with zero attached hydrogens (tertiary/aromatic N) is 1. The molecule has 1 aromatic heterocycles. The van der Waals surface area contributed by atoms with Gasteiger partial charge in [0.1, 0.15) is 0 Å². The molecule has 0 bridgehead atoms. The van der Waals surface area contributed by atoms with Crippen LogP contribution in [-0.2, 0) is 18.4 Å². The zero-order valence-electron chi connectivity index (χ0n) is 9.23. The van der Waals surface area contributed by atoms with Gasteiger partial charge in [0, 0.05) is 30.7 Å². The number of aryl methyl sites for hydroxylation is 1. The van der Waals surface area contributed by atoms with Crippen molar-refractivity contribution >= 4 is 16.8 Å². The van der Waals surface area contributed by atoms with E-state index in [1.54, 1.807) is 0 Å². The molecule has 82 valence electrons. The molecule has 0 aliphatic heterocycles. The third-order valence-corrected chi connectivity index (χ3v) is 2.62. The monoisotopic (exact) mass is 214 g/mol. The fourth-order valence-corrected chi connectivity index (χ4v) is 1.82. The summed E-state index contributed by atoms with van der Waals surface area (Å²) in [6, 6.07) is 8.13. The van der Waals surface area contributed by atoms with Crippen molar-refractivity contribution in [2.24, 2.45) is 7.05 Å². The van der Waals surface area contributed by atoms with E-state index in [1.807, 2.05) is 25.4 Å². The molecular weight excluding hydrogens is 200 g/mol. The largest absolute Gasteiger partial charge is 0.350 e. The third kappa shape index (κ3) is 1.84. The Hall–Kier alpha value is -2.03. The van der Waals surface area contributed by atoms with E-state index in [0.717, 1.165) is 5.56 Å². The van der Waals surface area contributed by atoms with Gasteiger partial charge in [-0.1, -0.05) is 24.8 Å². The molecule has 1 aromatic carbocycles. The van der Waals surface area contributed by atoms with Gasteiger partial charge in [0.25, 0.3) is 0 Å². The normalized spacial score (nSPS) is 10.3. The molecule has 0 fully saturated rings. The fourth-order valence-electron chi connectivity index (χ4n) is 1.82. The Morgan fingerprint density at radius 3 is 3.00 bits per heavy atom. The van der Waals surface area contributed by atoms with Gasteiger partial charge in [0.05, 0.1) is 0 Å². The van der Waals surface area contributed by atoms with Crippen LogP contribution in [0, 0.1) is 0 Å². The molecule has 3 heteroatoms. The SMILES string of the molecule is C=CC(=O)NCc1cn(C)c2ccccc12. The summed E-state index contributed by atoms with van der Waals surface area (Å²) in [5.41, 5.74) is 2.29. The molecule has 0 saturated carbocycles. The number of aromatic nitrogens is 1. The highest BCUT2D eigenvalue weighted by Crippen LogP contribution is 2.19. The Morgan fingerprint density at radius 1 is 1.50 bits per heavy atom. The van der Waals surface area contributed by atoms with Crippen LogP contribution in [-0.4, -0.2) is 10.5 Å². The quantitative estimate of drug-likeness (QED) is 0.779. The van der Waals surface area contributed by atoms with Gasteiger partial charge >= 0.3 is 0 Å². The lowest BCUT2D eigenvalue weighted by Gasteiger charge is -2.00. The summed E-state index contributed by atoms with van der Waals surface area (Å²) in [6.07, 6.45) is 3.32. The second-order valence-electron chi connectivity index (χ2n) is 3.70. The second-order valence-corrected chi connectivity index (χ2v) is 3.70. The van der Waals surface area contributed by atoms with Gasteiger partial charge in [-0.2, -0.15) is 0 Å². The van der Waals surface area contributed by atoms with Crippen molar-refractivity contribution in [2.45, 2.75) is 6.54 Å². The number of hydrogen-bond acceptors (Lipinski definition) is 1. The molecule has 0 aliphatic carbocycles. The molecule has 0 radical (unpaired) electrons. The molecular formula is C13H14N2O. The lowest BCUT2D eigenvalue weighted by molar-refractivity contribution is -0.116. The standard InChI is InChI=1S/C13H14N2O/c1-3-13(16)14-8-10-9-15(2)12-7-5-4-6-11(10)12/h3-7,9H,1,8H2,2H3,(H,14,16). The summed E-state index contributed by atoms with van der Waals surface area (Å²) in [4.78, 5) is 11.1. The number of benzene rings is 1. The number of fused-ring (bicyclic) bond motifs is 1. The molecule has 0 unspecified atom stereocenters. The van der Waals surface area contributed by atoms with E-state index in [-0.39, 0.29) is 5.91 Å². The Morgan fingerprint density at radius 2 is 2.25 bits per heavy atom. The Balaban J connectivity index is 2.31. The maximum Gasteiger partial charge on any atom is 0.243 e. The average Bonchev–Trinajstić information content (AvgIpc) is 2.64. The summed E-state index contributed by atoms with van der Waals surface area (Å²) in [5.74, 6) is -0.145.